The number of nitrogens with one attached hydrogen (secondary N) is 1. The fourth-order valence-corrected chi connectivity index (χ4v) is 2.32. The number of esters is 1. The molecule has 0 fully saturated rings. The molecule has 2 rings (SSSR count). The van der Waals surface area contributed by atoms with Crippen molar-refractivity contribution < 1.29 is 23.9 Å². The van der Waals surface area contributed by atoms with Crippen molar-refractivity contribution in [2.24, 2.45) is 0 Å². The molecule has 0 heterocycles. The number of ether oxygens (including phenoxy) is 2. The predicted octanol–water partition coefficient (Wildman–Crippen LogP) is 3.46. The molecule has 2 aromatic carbocycles. The third-order valence-corrected chi connectivity index (χ3v) is 3.93. The Balaban J connectivity index is 1.85. The number of rotatable bonds is 7. The van der Waals surface area contributed by atoms with Crippen LogP contribution in [-0.2, 0) is 14.3 Å². The maximum atomic E-state index is 12.1. The van der Waals surface area contributed by atoms with Gasteiger partial charge in [0.05, 0.1) is 0 Å². The molecule has 1 atom stereocenters. The standard InChI is InChI=1S/C21H23NO5/c1-13-5-6-14(2)19(11-13)26-12-20(24)27-16(4)21(25)22-18-9-7-17(8-10-18)15(3)23/h5-11,16H,12H2,1-4H3,(H,22,25)/t16-/m0/s1. The van der Waals surface area contributed by atoms with E-state index in [1.54, 1.807) is 24.3 Å². The van der Waals surface area contributed by atoms with Crippen LogP contribution in [0.5, 0.6) is 5.75 Å². The number of anilines is 1. The summed E-state index contributed by atoms with van der Waals surface area (Å²) in [6.07, 6.45) is -0.979. The molecule has 0 bridgehead atoms. The number of aryl methyl sites for hydroxylation is 2. The molecule has 2 aromatic rings. The Morgan fingerprint density at radius 3 is 2.33 bits per heavy atom. The summed E-state index contributed by atoms with van der Waals surface area (Å²) < 4.78 is 10.6. The minimum absolute atomic E-state index is 0.0565. The van der Waals surface area contributed by atoms with Crippen LogP contribution in [0.1, 0.15) is 35.3 Å². The van der Waals surface area contributed by atoms with E-state index in [4.69, 9.17) is 9.47 Å². The number of hydrogen-bond donors (Lipinski definition) is 1. The van der Waals surface area contributed by atoms with Gasteiger partial charge in [-0.1, -0.05) is 12.1 Å². The van der Waals surface area contributed by atoms with Crippen LogP contribution in [0.3, 0.4) is 0 Å². The lowest BCUT2D eigenvalue weighted by Crippen LogP contribution is -2.31. The predicted molar refractivity (Wildman–Crippen MR) is 102 cm³/mol. The molecule has 0 unspecified atom stereocenters. The minimum Gasteiger partial charge on any atom is -0.482 e. The van der Waals surface area contributed by atoms with Gasteiger partial charge in [0.1, 0.15) is 5.75 Å². The molecule has 0 aliphatic rings. The van der Waals surface area contributed by atoms with Gasteiger partial charge in [0.15, 0.2) is 18.5 Å². The number of hydrogen-bond acceptors (Lipinski definition) is 5. The Morgan fingerprint density at radius 1 is 1.04 bits per heavy atom. The topological polar surface area (TPSA) is 81.7 Å². The molecule has 0 spiro atoms. The summed E-state index contributed by atoms with van der Waals surface area (Å²) in [4.78, 5) is 35.3. The third kappa shape index (κ3) is 5.95. The molecule has 0 aromatic heterocycles. The molecule has 0 radical (unpaired) electrons. The Hall–Kier alpha value is -3.15. The average molecular weight is 369 g/mol. The Kier molecular flexibility index (Phi) is 6.71. The van der Waals surface area contributed by atoms with Gasteiger partial charge >= 0.3 is 5.97 Å². The molecule has 6 nitrogen and oxygen atoms in total. The molecular formula is C21H23NO5. The van der Waals surface area contributed by atoms with Gasteiger partial charge in [-0.2, -0.15) is 0 Å². The monoisotopic (exact) mass is 369 g/mol. The van der Waals surface area contributed by atoms with Gasteiger partial charge in [0, 0.05) is 11.3 Å². The highest BCUT2D eigenvalue weighted by molar-refractivity contribution is 5.97. The van der Waals surface area contributed by atoms with E-state index in [-0.39, 0.29) is 12.4 Å². The van der Waals surface area contributed by atoms with Gasteiger partial charge in [0.2, 0.25) is 0 Å². The van der Waals surface area contributed by atoms with Gasteiger partial charge in [0.25, 0.3) is 5.91 Å². The lowest BCUT2D eigenvalue weighted by Gasteiger charge is -2.14. The number of benzene rings is 2. The van der Waals surface area contributed by atoms with Crippen molar-refractivity contribution in [2.75, 3.05) is 11.9 Å². The fourth-order valence-electron chi connectivity index (χ4n) is 2.32. The van der Waals surface area contributed by atoms with E-state index >= 15 is 0 Å². The van der Waals surface area contributed by atoms with Crippen LogP contribution in [0.15, 0.2) is 42.5 Å². The highest BCUT2D eigenvalue weighted by atomic mass is 16.6. The highest BCUT2D eigenvalue weighted by Crippen LogP contribution is 2.19. The summed E-state index contributed by atoms with van der Waals surface area (Å²) in [5, 5.41) is 2.64. The zero-order valence-corrected chi connectivity index (χ0v) is 15.9. The van der Waals surface area contributed by atoms with Crippen molar-refractivity contribution in [3.63, 3.8) is 0 Å². The van der Waals surface area contributed by atoms with Crippen molar-refractivity contribution >= 4 is 23.3 Å². The van der Waals surface area contributed by atoms with Crippen LogP contribution in [-0.4, -0.2) is 30.4 Å². The molecule has 6 heteroatoms. The number of carbonyl (C=O) groups excluding carboxylic acids is 3. The summed E-state index contributed by atoms with van der Waals surface area (Å²) in [5.74, 6) is -0.551. The largest absolute Gasteiger partial charge is 0.482 e. The highest BCUT2D eigenvalue weighted by Gasteiger charge is 2.18. The van der Waals surface area contributed by atoms with Crippen molar-refractivity contribution in [1.29, 1.82) is 0 Å². The zero-order chi connectivity index (χ0) is 20.0. The maximum absolute atomic E-state index is 12.1. The normalized spacial score (nSPS) is 11.4. The van der Waals surface area contributed by atoms with Gasteiger partial charge in [-0.05, 0) is 69.2 Å². The van der Waals surface area contributed by atoms with Gasteiger partial charge in [-0.25, -0.2) is 4.79 Å². The molecule has 0 saturated heterocycles. The summed E-state index contributed by atoms with van der Waals surface area (Å²) in [6, 6.07) is 12.2. The van der Waals surface area contributed by atoms with Crippen LogP contribution in [0, 0.1) is 13.8 Å². The van der Waals surface area contributed by atoms with E-state index < -0.39 is 18.0 Å². The van der Waals surface area contributed by atoms with Crippen LogP contribution in [0.4, 0.5) is 5.69 Å². The van der Waals surface area contributed by atoms with Crippen molar-refractivity contribution in [3.05, 3.63) is 59.2 Å². The summed E-state index contributed by atoms with van der Waals surface area (Å²) in [5.41, 5.74) is 3.00. The molecule has 1 N–H and O–H groups in total. The van der Waals surface area contributed by atoms with E-state index in [0.717, 1.165) is 11.1 Å². The fraction of sp³-hybridized carbons (Fsp3) is 0.286. The molecule has 0 aliphatic heterocycles. The lowest BCUT2D eigenvalue weighted by molar-refractivity contribution is -0.155. The maximum Gasteiger partial charge on any atom is 0.344 e. The SMILES string of the molecule is CC(=O)c1ccc(NC(=O)[C@H](C)OC(=O)COc2cc(C)ccc2C)cc1. The Bertz CT molecular complexity index is 842. The molecule has 142 valence electrons. The second-order valence-corrected chi connectivity index (χ2v) is 6.31. The second-order valence-electron chi connectivity index (χ2n) is 6.31. The lowest BCUT2D eigenvalue weighted by atomic mass is 10.1. The minimum atomic E-state index is -0.979. The van der Waals surface area contributed by atoms with E-state index in [1.165, 1.54) is 13.8 Å². The third-order valence-electron chi connectivity index (χ3n) is 3.93. The number of carbonyl (C=O) groups is 3. The van der Waals surface area contributed by atoms with Crippen LogP contribution in [0.25, 0.3) is 0 Å². The first-order chi connectivity index (χ1) is 12.8. The average Bonchev–Trinajstić information content (AvgIpc) is 2.62. The molecule has 0 aliphatic carbocycles. The van der Waals surface area contributed by atoms with Crippen molar-refractivity contribution in [1.82, 2.24) is 0 Å². The first kappa shape index (κ1) is 20.2. The molecular weight excluding hydrogens is 346 g/mol. The summed E-state index contributed by atoms with van der Waals surface area (Å²) in [6.45, 7) is 6.48. The van der Waals surface area contributed by atoms with Crippen LogP contribution >= 0.6 is 0 Å². The number of amides is 1. The number of Topliss-reactive ketones (excluding diaryl/α,β-unsaturated/α-hetero) is 1. The quantitative estimate of drug-likeness (QED) is 0.597. The van der Waals surface area contributed by atoms with Crippen LogP contribution < -0.4 is 10.1 Å². The smallest absolute Gasteiger partial charge is 0.344 e. The van der Waals surface area contributed by atoms with E-state index in [1.807, 2.05) is 32.0 Å². The Labute approximate surface area is 158 Å². The van der Waals surface area contributed by atoms with Gasteiger partial charge in [-0.15, -0.1) is 0 Å². The van der Waals surface area contributed by atoms with Crippen molar-refractivity contribution in [3.8, 4) is 5.75 Å². The molecule has 27 heavy (non-hydrogen) atoms. The zero-order valence-electron chi connectivity index (χ0n) is 15.9. The number of ketones is 1. The molecule has 0 saturated carbocycles. The van der Waals surface area contributed by atoms with Crippen molar-refractivity contribution in [2.45, 2.75) is 33.8 Å². The summed E-state index contributed by atoms with van der Waals surface area (Å²) in [7, 11) is 0. The first-order valence-electron chi connectivity index (χ1n) is 8.57. The Morgan fingerprint density at radius 2 is 1.70 bits per heavy atom. The van der Waals surface area contributed by atoms with Crippen LogP contribution in [0.2, 0.25) is 0 Å². The van der Waals surface area contributed by atoms with Gasteiger partial charge < -0.3 is 14.8 Å². The van der Waals surface area contributed by atoms with E-state index in [0.29, 0.717) is 17.0 Å². The summed E-state index contributed by atoms with van der Waals surface area (Å²) >= 11 is 0. The molecule has 1 amide bonds. The second kappa shape index (κ2) is 8.98. The van der Waals surface area contributed by atoms with Gasteiger partial charge in [-0.3, -0.25) is 9.59 Å². The van der Waals surface area contributed by atoms with E-state index in [2.05, 4.69) is 5.32 Å². The first-order valence-corrected chi connectivity index (χ1v) is 8.57. The van der Waals surface area contributed by atoms with E-state index in [9.17, 15) is 14.4 Å².